The van der Waals surface area contributed by atoms with E-state index in [2.05, 4.69) is 20.4 Å². The molecular weight excluding hydrogens is 395 g/mol. The molecule has 28 heavy (non-hydrogen) atoms. The van der Waals surface area contributed by atoms with Gasteiger partial charge in [-0.2, -0.15) is 22.7 Å². The fourth-order valence-electron chi connectivity index (χ4n) is 2.49. The standard InChI is InChI=1S/C17H10F3N5O2S/c18-17(19,20)13-8-11(12-5-2-6-28-12)22-16-23-14(24-25(13)16)15(27)21-9-3-1-4-10(26)7-9/h1-8,26H,(H,21,27). The minimum atomic E-state index is -4.72. The van der Waals surface area contributed by atoms with Crippen molar-refractivity contribution >= 4 is 28.7 Å². The Hall–Kier alpha value is -3.47. The van der Waals surface area contributed by atoms with Crippen LogP contribution in [-0.2, 0) is 6.18 Å². The molecule has 0 atom stereocenters. The fraction of sp³-hybridized carbons (Fsp3) is 0.0588. The predicted octanol–water partition coefficient (Wildman–Crippen LogP) is 3.83. The van der Waals surface area contributed by atoms with E-state index in [9.17, 15) is 23.1 Å². The van der Waals surface area contributed by atoms with Crippen molar-refractivity contribution in [3.63, 3.8) is 0 Å². The van der Waals surface area contributed by atoms with Crippen molar-refractivity contribution < 1.29 is 23.1 Å². The fourth-order valence-corrected chi connectivity index (χ4v) is 3.17. The Balaban J connectivity index is 1.78. The van der Waals surface area contributed by atoms with Gasteiger partial charge in [-0.05, 0) is 29.6 Å². The highest BCUT2D eigenvalue weighted by molar-refractivity contribution is 7.13. The molecule has 4 aromatic rings. The van der Waals surface area contributed by atoms with E-state index in [0.717, 1.165) is 6.07 Å². The number of carbonyl (C=O) groups excluding carboxylic acids is 1. The number of phenols is 1. The molecule has 3 aromatic heterocycles. The molecule has 0 fully saturated rings. The summed E-state index contributed by atoms with van der Waals surface area (Å²) in [5.74, 6) is -1.74. The van der Waals surface area contributed by atoms with Crippen molar-refractivity contribution in [1.82, 2.24) is 19.6 Å². The lowest BCUT2D eigenvalue weighted by atomic mass is 10.3. The number of rotatable bonds is 3. The molecule has 0 radical (unpaired) electrons. The zero-order valence-corrected chi connectivity index (χ0v) is 14.6. The van der Waals surface area contributed by atoms with Crippen LogP contribution in [0.15, 0.2) is 47.8 Å². The Morgan fingerprint density at radius 1 is 1.14 bits per heavy atom. The Kier molecular flexibility index (Phi) is 4.23. The number of phenolic OH excluding ortho intramolecular Hbond substituents is 1. The minimum absolute atomic E-state index is 0.0811. The van der Waals surface area contributed by atoms with Crippen LogP contribution in [0, 0.1) is 0 Å². The molecule has 4 rings (SSSR count). The summed E-state index contributed by atoms with van der Waals surface area (Å²) in [4.78, 5) is 20.8. The van der Waals surface area contributed by atoms with Crippen LogP contribution in [0.4, 0.5) is 18.9 Å². The Labute approximate surface area is 159 Å². The number of nitrogens with zero attached hydrogens (tertiary/aromatic N) is 4. The normalized spacial score (nSPS) is 11.7. The van der Waals surface area contributed by atoms with Gasteiger partial charge in [0.2, 0.25) is 5.82 Å². The molecule has 142 valence electrons. The number of amides is 1. The summed E-state index contributed by atoms with van der Waals surface area (Å²) in [6.07, 6.45) is -4.72. The first-order valence-electron chi connectivity index (χ1n) is 7.80. The third-order valence-corrected chi connectivity index (χ3v) is 4.58. The summed E-state index contributed by atoms with van der Waals surface area (Å²) in [6.45, 7) is 0. The van der Waals surface area contributed by atoms with Gasteiger partial charge in [0.1, 0.15) is 5.75 Å². The van der Waals surface area contributed by atoms with Crippen LogP contribution in [0.25, 0.3) is 16.3 Å². The van der Waals surface area contributed by atoms with E-state index in [1.54, 1.807) is 17.5 Å². The Morgan fingerprint density at radius 3 is 2.64 bits per heavy atom. The number of aromatic hydroxyl groups is 1. The average molecular weight is 405 g/mol. The Bertz CT molecular complexity index is 1170. The molecule has 1 aromatic carbocycles. The van der Waals surface area contributed by atoms with Gasteiger partial charge >= 0.3 is 6.18 Å². The molecule has 0 saturated carbocycles. The number of benzene rings is 1. The number of anilines is 1. The number of nitrogens with one attached hydrogen (secondary N) is 1. The molecule has 3 heterocycles. The van der Waals surface area contributed by atoms with Gasteiger partial charge in [0.15, 0.2) is 5.69 Å². The molecule has 0 aliphatic carbocycles. The molecule has 0 spiro atoms. The van der Waals surface area contributed by atoms with Gasteiger partial charge in [0.25, 0.3) is 11.7 Å². The number of thiophene rings is 1. The zero-order valence-electron chi connectivity index (χ0n) is 13.8. The van der Waals surface area contributed by atoms with Crippen LogP contribution in [0.5, 0.6) is 5.75 Å². The summed E-state index contributed by atoms with van der Waals surface area (Å²) in [7, 11) is 0. The Morgan fingerprint density at radius 2 is 1.96 bits per heavy atom. The van der Waals surface area contributed by atoms with Crippen LogP contribution >= 0.6 is 11.3 Å². The number of halogens is 3. The summed E-state index contributed by atoms with van der Waals surface area (Å²) in [5, 5.41) is 17.2. The molecule has 0 saturated heterocycles. The van der Waals surface area contributed by atoms with E-state index in [0.29, 0.717) is 9.39 Å². The van der Waals surface area contributed by atoms with Crippen LogP contribution in [0.2, 0.25) is 0 Å². The van der Waals surface area contributed by atoms with E-state index >= 15 is 0 Å². The number of carbonyl (C=O) groups is 1. The third-order valence-electron chi connectivity index (χ3n) is 3.68. The van der Waals surface area contributed by atoms with Gasteiger partial charge in [-0.1, -0.05) is 12.1 Å². The molecule has 0 bridgehead atoms. The second-order valence-corrected chi connectivity index (χ2v) is 6.60. The van der Waals surface area contributed by atoms with Crippen molar-refractivity contribution in [2.24, 2.45) is 0 Å². The molecule has 7 nitrogen and oxygen atoms in total. The van der Waals surface area contributed by atoms with Crippen molar-refractivity contribution in [2.45, 2.75) is 6.18 Å². The number of alkyl halides is 3. The zero-order chi connectivity index (χ0) is 19.9. The van der Waals surface area contributed by atoms with E-state index in [1.165, 1.54) is 35.6 Å². The highest BCUT2D eigenvalue weighted by atomic mass is 32.1. The first-order valence-corrected chi connectivity index (χ1v) is 8.68. The molecule has 0 unspecified atom stereocenters. The third kappa shape index (κ3) is 3.39. The number of hydrogen-bond donors (Lipinski definition) is 2. The van der Waals surface area contributed by atoms with Gasteiger partial charge in [0.05, 0.1) is 10.6 Å². The maximum Gasteiger partial charge on any atom is 0.433 e. The summed E-state index contributed by atoms with van der Waals surface area (Å²) in [6, 6.07) is 9.88. The van der Waals surface area contributed by atoms with Crippen molar-refractivity contribution in [1.29, 1.82) is 0 Å². The first kappa shape index (κ1) is 17.9. The second kappa shape index (κ2) is 6.60. The van der Waals surface area contributed by atoms with Crippen LogP contribution in [-0.4, -0.2) is 30.6 Å². The maximum absolute atomic E-state index is 13.5. The van der Waals surface area contributed by atoms with Gasteiger partial charge in [-0.3, -0.25) is 4.79 Å². The quantitative estimate of drug-likeness (QED) is 0.541. The topological polar surface area (TPSA) is 92.4 Å². The molecular formula is C17H10F3N5O2S. The largest absolute Gasteiger partial charge is 0.508 e. The van der Waals surface area contributed by atoms with Gasteiger partial charge < -0.3 is 10.4 Å². The number of fused-ring (bicyclic) bond motifs is 1. The smallest absolute Gasteiger partial charge is 0.433 e. The van der Waals surface area contributed by atoms with Gasteiger partial charge in [-0.25, -0.2) is 4.98 Å². The highest BCUT2D eigenvalue weighted by Crippen LogP contribution is 2.33. The molecule has 11 heteroatoms. The minimum Gasteiger partial charge on any atom is -0.508 e. The lowest BCUT2D eigenvalue weighted by molar-refractivity contribution is -0.142. The SMILES string of the molecule is O=C(Nc1cccc(O)c1)c1nc2nc(-c3cccs3)cc(C(F)(F)F)n2n1. The van der Waals surface area contributed by atoms with Crippen LogP contribution in [0.1, 0.15) is 16.3 Å². The number of aromatic nitrogens is 4. The summed E-state index contributed by atoms with van der Waals surface area (Å²) >= 11 is 1.23. The van der Waals surface area contributed by atoms with E-state index in [1.807, 2.05) is 0 Å². The van der Waals surface area contributed by atoms with Gasteiger partial charge in [0, 0.05) is 11.8 Å². The van der Waals surface area contributed by atoms with E-state index in [4.69, 9.17) is 0 Å². The van der Waals surface area contributed by atoms with E-state index in [-0.39, 0.29) is 22.9 Å². The average Bonchev–Trinajstić information content (AvgIpc) is 3.29. The van der Waals surface area contributed by atoms with Crippen molar-refractivity contribution in [3.05, 3.63) is 59.4 Å². The van der Waals surface area contributed by atoms with Crippen molar-refractivity contribution in [3.8, 4) is 16.3 Å². The first-order chi connectivity index (χ1) is 13.3. The lowest BCUT2D eigenvalue weighted by Crippen LogP contribution is -2.15. The molecule has 2 N–H and O–H groups in total. The predicted molar refractivity (Wildman–Crippen MR) is 95.2 cm³/mol. The van der Waals surface area contributed by atoms with Crippen LogP contribution in [0.3, 0.4) is 0 Å². The summed E-state index contributed by atoms with van der Waals surface area (Å²) in [5.41, 5.74) is -0.765. The molecule has 0 aliphatic heterocycles. The lowest BCUT2D eigenvalue weighted by Gasteiger charge is -2.09. The summed E-state index contributed by atoms with van der Waals surface area (Å²) < 4.78 is 41.0. The molecule has 0 aliphatic rings. The molecule has 1 amide bonds. The second-order valence-electron chi connectivity index (χ2n) is 5.65. The maximum atomic E-state index is 13.5. The van der Waals surface area contributed by atoms with Crippen LogP contribution < -0.4 is 5.32 Å². The highest BCUT2D eigenvalue weighted by Gasteiger charge is 2.36. The number of hydrogen-bond acceptors (Lipinski definition) is 6. The monoisotopic (exact) mass is 405 g/mol. The van der Waals surface area contributed by atoms with Crippen molar-refractivity contribution in [2.75, 3.05) is 5.32 Å². The van der Waals surface area contributed by atoms with Gasteiger partial charge in [-0.15, -0.1) is 16.4 Å². The van der Waals surface area contributed by atoms with E-state index < -0.39 is 23.6 Å².